The Morgan fingerprint density at radius 2 is 1.45 bits per heavy atom. The SMILES string of the molecule is CN(C)c1cc(NCCc2ccccc2)c2c(c1N)C(=O)c1ccccc1C2=O. The molecule has 146 valence electrons. The molecule has 5 heteroatoms. The molecule has 0 bridgehead atoms. The average molecular weight is 385 g/mol. The van der Waals surface area contributed by atoms with Crippen LogP contribution in [-0.2, 0) is 6.42 Å². The van der Waals surface area contributed by atoms with Gasteiger partial charge in [-0.1, -0.05) is 54.6 Å². The molecule has 0 heterocycles. The molecule has 5 nitrogen and oxygen atoms in total. The van der Waals surface area contributed by atoms with E-state index in [1.54, 1.807) is 24.3 Å². The summed E-state index contributed by atoms with van der Waals surface area (Å²) in [6.45, 7) is 0.635. The maximum Gasteiger partial charge on any atom is 0.196 e. The summed E-state index contributed by atoms with van der Waals surface area (Å²) >= 11 is 0. The van der Waals surface area contributed by atoms with Crippen molar-refractivity contribution in [2.75, 3.05) is 36.6 Å². The Bertz CT molecular complexity index is 1100. The minimum atomic E-state index is -0.206. The zero-order chi connectivity index (χ0) is 20.5. The lowest BCUT2D eigenvalue weighted by molar-refractivity contribution is 0.0980. The molecule has 0 aromatic heterocycles. The number of rotatable bonds is 5. The van der Waals surface area contributed by atoms with E-state index < -0.39 is 0 Å². The molecule has 0 unspecified atom stereocenters. The number of benzene rings is 3. The van der Waals surface area contributed by atoms with Crippen LogP contribution >= 0.6 is 0 Å². The second kappa shape index (κ2) is 7.43. The van der Waals surface area contributed by atoms with Crippen LogP contribution in [0.25, 0.3) is 0 Å². The number of carbonyl (C=O) groups is 2. The molecule has 0 spiro atoms. The number of nitrogens with two attached hydrogens (primary N) is 1. The molecule has 1 aliphatic carbocycles. The number of fused-ring (bicyclic) bond motifs is 2. The first-order chi connectivity index (χ1) is 14.0. The van der Waals surface area contributed by atoms with Gasteiger partial charge in [-0.05, 0) is 18.1 Å². The van der Waals surface area contributed by atoms with Gasteiger partial charge in [-0.25, -0.2) is 0 Å². The lowest BCUT2D eigenvalue weighted by Crippen LogP contribution is -2.26. The van der Waals surface area contributed by atoms with Crippen LogP contribution in [0.2, 0.25) is 0 Å². The predicted molar refractivity (Wildman–Crippen MR) is 117 cm³/mol. The molecule has 3 aromatic carbocycles. The molecule has 0 radical (unpaired) electrons. The van der Waals surface area contributed by atoms with Crippen LogP contribution in [-0.4, -0.2) is 32.2 Å². The summed E-state index contributed by atoms with van der Waals surface area (Å²) in [6.07, 6.45) is 0.802. The number of hydrogen-bond donors (Lipinski definition) is 2. The standard InChI is InChI=1S/C24H23N3O2/c1-27(2)19-14-18(26-13-12-15-8-4-3-5-9-15)20-21(22(19)25)24(29)17-11-7-6-10-16(17)23(20)28/h3-11,14,26H,12-13,25H2,1-2H3. The van der Waals surface area contributed by atoms with E-state index in [2.05, 4.69) is 17.4 Å². The highest BCUT2D eigenvalue weighted by atomic mass is 16.1. The number of ketones is 2. The molecule has 0 amide bonds. The Hall–Kier alpha value is -3.60. The molecule has 1 aliphatic rings. The fraction of sp³-hybridized carbons (Fsp3) is 0.167. The van der Waals surface area contributed by atoms with Crippen molar-refractivity contribution in [3.8, 4) is 0 Å². The minimum Gasteiger partial charge on any atom is -0.396 e. The summed E-state index contributed by atoms with van der Waals surface area (Å²) in [4.78, 5) is 28.4. The molecular weight excluding hydrogens is 362 g/mol. The molecule has 3 N–H and O–H groups in total. The van der Waals surface area contributed by atoms with Crippen LogP contribution in [0.1, 0.15) is 37.4 Å². The Morgan fingerprint density at radius 3 is 2.07 bits per heavy atom. The van der Waals surface area contributed by atoms with Crippen molar-refractivity contribution >= 4 is 28.6 Å². The van der Waals surface area contributed by atoms with Gasteiger partial charge in [-0.3, -0.25) is 9.59 Å². The van der Waals surface area contributed by atoms with Gasteiger partial charge in [0, 0.05) is 37.5 Å². The van der Waals surface area contributed by atoms with E-state index in [-0.39, 0.29) is 11.6 Å². The third kappa shape index (κ3) is 3.25. The fourth-order valence-electron chi connectivity index (χ4n) is 3.80. The maximum atomic E-state index is 13.3. The Kier molecular flexibility index (Phi) is 4.80. The molecule has 0 saturated heterocycles. The summed E-state index contributed by atoms with van der Waals surface area (Å²) in [5, 5.41) is 3.37. The number of anilines is 3. The average Bonchev–Trinajstić information content (AvgIpc) is 2.73. The molecule has 0 atom stereocenters. The third-order valence-corrected chi connectivity index (χ3v) is 5.27. The van der Waals surface area contributed by atoms with Gasteiger partial charge in [0.2, 0.25) is 0 Å². The zero-order valence-electron chi connectivity index (χ0n) is 16.5. The topological polar surface area (TPSA) is 75.4 Å². The van der Waals surface area contributed by atoms with E-state index in [1.165, 1.54) is 5.56 Å². The van der Waals surface area contributed by atoms with Crippen LogP contribution in [0.3, 0.4) is 0 Å². The summed E-state index contributed by atoms with van der Waals surface area (Å²) in [5.41, 5.74) is 10.7. The third-order valence-electron chi connectivity index (χ3n) is 5.27. The highest BCUT2D eigenvalue weighted by Crippen LogP contribution is 2.40. The van der Waals surface area contributed by atoms with Gasteiger partial charge in [0.15, 0.2) is 11.6 Å². The van der Waals surface area contributed by atoms with Crippen molar-refractivity contribution in [1.82, 2.24) is 0 Å². The van der Waals surface area contributed by atoms with E-state index in [1.807, 2.05) is 43.3 Å². The molecule has 4 rings (SSSR count). The van der Waals surface area contributed by atoms with Crippen LogP contribution < -0.4 is 16.0 Å². The lowest BCUT2D eigenvalue weighted by atomic mass is 9.81. The number of carbonyl (C=O) groups excluding carboxylic acids is 2. The Balaban J connectivity index is 1.78. The molecule has 0 aliphatic heterocycles. The van der Waals surface area contributed by atoms with Crippen molar-refractivity contribution in [3.05, 3.63) is 88.5 Å². The molecule has 0 fully saturated rings. The van der Waals surface area contributed by atoms with E-state index >= 15 is 0 Å². The predicted octanol–water partition coefficient (Wildman–Crippen LogP) is 3.76. The Morgan fingerprint density at radius 1 is 0.862 bits per heavy atom. The van der Waals surface area contributed by atoms with Gasteiger partial charge in [0.25, 0.3) is 0 Å². The van der Waals surface area contributed by atoms with Gasteiger partial charge in [-0.2, -0.15) is 0 Å². The van der Waals surface area contributed by atoms with Gasteiger partial charge in [-0.15, -0.1) is 0 Å². The zero-order valence-corrected chi connectivity index (χ0v) is 16.5. The smallest absolute Gasteiger partial charge is 0.196 e. The van der Waals surface area contributed by atoms with Crippen LogP contribution in [0.5, 0.6) is 0 Å². The first-order valence-electron chi connectivity index (χ1n) is 9.59. The highest BCUT2D eigenvalue weighted by Gasteiger charge is 2.34. The summed E-state index contributed by atoms with van der Waals surface area (Å²) < 4.78 is 0. The van der Waals surface area contributed by atoms with E-state index in [0.717, 1.165) is 6.42 Å². The number of hydrogen-bond acceptors (Lipinski definition) is 5. The quantitative estimate of drug-likeness (QED) is 0.512. The molecule has 3 aromatic rings. The van der Waals surface area contributed by atoms with E-state index in [9.17, 15) is 9.59 Å². The maximum absolute atomic E-state index is 13.3. The second-order valence-electron chi connectivity index (χ2n) is 7.37. The fourth-order valence-corrected chi connectivity index (χ4v) is 3.80. The van der Waals surface area contributed by atoms with Crippen molar-refractivity contribution in [2.45, 2.75) is 6.42 Å². The number of nitrogens with zero attached hydrogens (tertiary/aromatic N) is 1. The van der Waals surface area contributed by atoms with Crippen molar-refractivity contribution in [3.63, 3.8) is 0 Å². The van der Waals surface area contributed by atoms with Crippen molar-refractivity contribution in [2.24, 2.45) is 0 Å². The van der Waals surface area contributed by atoms with E-state index in [0.29, 0.717) is 45.9 Å². The summed E-state index contributed by atoms with van der Waals surface area (Å²) in [6, 6.07) is 18.9. The van der Waals surface area contributed by atoms with Crippen molar-refractivity contribution < 1.29 is 9.59 Å². The number of nitrogen functional groups attached to an aromatic ring is 1. The van der Waals surface area contributed by atoms with Gasteiger partial charge >= 0.3 is 0 Å². The normalized spacial score (nSPS) is 12.3. The highest BCUT2D eigenvalue weighted by molar-refractivity contribution is 6.32. The van der Waals surface area contributed by atoms with Gasteiger partial charge in [0.1, 0.15) is 0 Å². The second-order valence-corrected chi connectivity index (χ2v) is 7.37. The van der Waals surface area contributed by atoms with E-state index in [4.69, 9.17) is 5.73 Å². The molecule has 29 heavy (non-hydrogen) atoms. The monoisotopic (exact) mass is 385 g/mol. The summed E-state index contributed by atoms with van der Waals surface area (Å²) in [5.74, 6) is -0.378. The van der Waals surface area contributed by atoms with Crippen LogP contribution in [0, 0.1) is 0 Å². The van der Waals surface area contributed by atoms with Gasteiger partial charge in [0.05, 0.1) is 22.5 Å². The Labute approximate surface area is 170 Å². The largest absolute Gasteiger partial charge is 0.396 e. The lowest BCUT2D eigenvalue weighted by Gasteiger charge is -2.26. The van der Waals surface area contributed by atoms with Crippen LogP contribution in [0.15, 0.2) is 60.7 Å². The first-order valence-corrected chi connectivity index (χ1v) is 9.59. The van der Waals surface area contributed by atoms with Crippen LogP contribution in [0.4, 0.5) is 17.1 Å². The summed E-state index contributed by atoms with van der Waals surface area (Å²) in [7, 11) is 3.74. The minimum absolute atomic E-state index is 0.172. The first kappa shape index (κ1) is 18.7. The van der Waals surface area contributed by atoms with Gasteiger partial charge < -0.3 is 16.0 Å². The molecular formula is C24H23N3O2. The van der Waals surface area contributed by atoms with Crippen molar-refractivity contribution in [1.29, 1.82) is 0 Å². The number of nitrogens with one attached hydrogen (secondary N) is 1. The molecule has 0 saturated carbocycles.